The molecule has 0 unspecified atom stereocenters. The van der Waals surface area contributed by atoms with Crippen molar-refractivity contribution in [2.45, 2.75) is 32.6 Å². The maximum absolute atomic E-state index is 12.6. The summed E-state index contributed by atoms with van der Waals surface area (Å²) in [5, 5.41) is 11.0. The number of aromatic nitrogens is 3. The molecule has 0 bridgehead atoms. The third-order valence-corrected chi connectivity index (χ3v) is 3.06. The Bertz CT molecular complexity index is 622. The van der Waals surface area contributed by atoms with Crippen LogP contribution in [0.15, 0.2) is 24.4 Å². The van der Waals surface area contributed by atoms with Gasteiger partial charge in [-0.1, -0.05) is 30.7 Å². The summed E-state index contributed by atoms with van der Waals surface area (Å²) in [7, 11) is 0. The number of halogens is 4. The van der Waals surface area contributed by atoms with Crippen molar-refractivity contribution < 1.29 is 13.2 Å². The minimum absolute atomic E-state index is 0.0295. The highest BCUT2D eigenvalue weighted by atomic mass is 35.5. The van der Waals surface area contributed by atoms with Gasteiger partial charge >= 0.3 is 6.18 Å². The Kier molecular flexibility index (Phi) is 4.53. The maximum Gasteiger partial charge on any atom is 0.416 e. The smallest absolute Gasteiger partial charge is 0.309 e. The molecule has 1 aromatic carbocycles. The minimum atomic E-state index is -4.42. The van der Waals surface area contributed by atoms with Crippen molar-refractivity contribution in [2.75, 3.05) is 0 Å². The fourth-order valence-electron chi connectivity index (χ4n) is 1.67. The molecule has 1 heterocycles. The molecule has 4 nitrogen and oxygen atoms in total. The normalized spacial score (nSPS) is 12.1. The van der Waals surface area contributed by atoms with Crippen LogP contribution in [0.5, 0.6) is 0 Å². The molecule has 8 heteroatoms. The van der Waals surface area contributed by atoms with Gasteiger partial charge in [0.05, 0.1) is 28.2 Å². The van der Waals surface area contributed by atoms with Gasteiger partial charge in [-0.25, -0.2) is 4.68 Å². The van der Waals surface area contributed by atoms with Gasteiger partial charge in [-0.3, -0.25) is 0 Å². The molecule has 0 aliphatic rings. The van der Waals surface area contributed by atoms with Crippen molar-refractivity contribution in [2.24, 2.45) is 0 Å². The van der Waals surface area contributed by atoms with Crippen LogP contribution in [0.2, 0.25) is 5.02 Å². The van der Waals surface area contributed by atoms with E-state index in [0.717, 1.165) is 12.1 Å². The van der Waals surface area contributed by atoms with Crippen LogP contribution in [0, 0.1) is 0 Å². The van der Waals surface area contributed by atoms with Gasteiger partial charge in [0.2, 0.25) is 0 Å². The van der Waals surface area contributed by atoms with E-state index >= 15 is 0 Å². The van der Waals surface area contributed by atoms with Gasteiger partial charge in [0.15, 0.2) is 0 Å². The fraction of sp³-hybridized carbons (Fsp3) is 0.385. The first-order valence-corrected chi connectivity index (χ1v) is 6.67. The zero-order chi connectivity index (χ0) is 15.6. The van der Waals surface area contributed by atoms with E-state index in [1.54, 1.807) is 6.20 Å². The van der Waals surface area contributed by atoms with E-state index in [1.165, 1.54) is 10.7 Å². The van der Waals surface area contributed by atoms with Crippen LogP contribution in [0.4, 0.5) is 13.2 Å². The third kappa shape index (κ3) is 3.95. The van der Waals surface area contributed by atoms with E-state index in [-0.39, 0.29) is 5.02 Å². The van der Waals surface area contributed by atoms with Gasteiger partial charge < -0.3 is 5.32 Å². The van der Waals surface area contributed by atoms with Crippen molar-refractivity contribution in [1.82, 2.24) is 20.3 Å². The molecule has 2 rings (SSSR count). The number of nitrogens with one attached hydrogen (secondary N) is 1. The maximum atomic E-state index is 12.6. The molecule has 1 N–H and O–H groups in total. The van der Waals surface area contributed by atoms with E-state index in [2.05, 4.69) is 15.6 Å². The highest BCUT2D eigenvalue weighted by molar-refractivity contribution is 6.32. The van der Waals surface area contributed by atoms with Crippen molar-refractivity contribution in [1.29, 1.82) is 0 Å². The first-order valence-electron chi connectivity index (χ1n) is 6.29. The molecule has 0 saturated carbocycles. The van der Waals surface area contributed by atoms with Crippen molar-refractivity contribution in [3.8, 4) is 5.69 Å². The number of hydrogen-bond acceptors (Lipinski definition) is 3. The summed E-state index contributed by atoms with van der Waals surface area (Å²) in [6.45, 7) is 4.52. The Labute approximate surface area is 124 Å². The van der Waals surface area contributed by atoms with Crippen molar-refractivity contribution >= 4 is 11.6 Å². The zero-order valence-corrected chi connectivity index (χ0v) is 12.2. The molecule has 0 saturated heterocycles. The molecule has 0 spiro atoms. The standard InChI is InChI=1S/C13H14ClF3N4/c1-8(2)18-6-10-7-21(20-19-10)12-4-3-9(5-11(12)14)13(15,16)17/h3-5,7-8,18H,6H2,1-2H3. The van der Waals surface area contributed by atoms with Crippen LogP contribution >= 0.6 is 11.6 Å². The van der Waals surface area contributed by atoms with Crippen LogP contribution in [-0.4, -0.2) is 21.0 Å². The second-order valence-electron chi connectivity index (χ2n) is 4.85. The highest BCUT2D eigenvalue weighted by Gasteiger charge is 2.31. The Morgan fingerprint density at radius 2 is 2.05 bits per heavy atom. The largest absolute Gasteiger partial charge is 0.416 e. The van der Waals surface area contributed by atoms with Gasteiger partial charge in [0.1, 0.15) is 0 Å². The number of nitrogens with zero attached hydrogens (tertiary/aromatic N) is 3. The molecule has 0 aliphatic heterocycles. The molecule has 21 heavy (non-hydrogen) atoms. The topological polar surface area (TPSA) is 42.7 Å². The second-order valence-corrected chi connectivity index (χ2v) is 5.26. The molecule has 0 amide bonds. The lowest BCUT2D eigenvalue weighted by Crippen LogP contribution is -2.21. The second kappa shape index (κ2) is 6.03. The molecule has 0 aliphatic carbocycles. The van der Waals surface area contributed by atoms with Crippen LogP contribution in [0.1, 0.15) is 25.1 Å². The first kappa shape index (κ1) is 15.8. The predicted octanol–water partition coefficient (Wildman–Crippen LogP) is 3.44. The monoisotopic (exact) mass is 318 g/mol. The van der Waals surface area contributed by atoms with E-state index in [0.29, 0.717) is 24.0 Å². The third-order valence-electron chi connectivity index (χ3n) is 2.75. The molecule has 2 aromatic rings. The van der Waals surface area contributed by atoms with Crippen LogP contribution < -0.4 is 5.32 Å². The lowest BCUT2D eigenvalue weighted by Gasteiger charge is -2.09. The van der Waals surface area contributed by atoms with Gasteiger partial charge in [0.25, 0.3) is 0 Å². The lowest BCUT2D eigenvalue weighted by atomic mass is 10.2. The number of alkyl halides is 3. The van der Waals surface area contributed by atoms with E-state index < -0.39 is 11.7 Å². The Balaban J connectivity index is 2.23. The molecule has 114 valence electrons. The van der Waals surface area contributed by atoms with Crippen molar-refractivity contribution in [3.05, 3.63) is 40.7 Å². The van der Waals surface area contributed by atoms with Crippen LogP contribution in [0.3, 0.4) is 0 Å². The molecule has 0 fully saturated rings. The SMILES string of the molecule is CC(C)NCc1cn(-c2ccc(C(F)(F)F)cc2Cl)nn1. The molecule has 0 atom stereocenters. The quantitative estimate of drug-likeness (QED) is 0.939. The number of hydrogen-bond donors (Lipinski definition) is 1. The lowest BCUT2D eigenvalue weighted by molar-refractivity contribution is -0.137. The molecule has 0 radical (unpaired) electrons. The fourth-order valence-corrected chi connectivity index (χ4v) is 1.94. The van der Waals surface area contributed by atoms with Crippen LogP contribution in [-0.2, 0) is 12.7 Å². The van der Waals surface area contributed by atoms with Crippen LogP contribution in [0.25, 0.3) is 5.69 Å². The Morgan fingerprint density at radius 1 is 1.33 bits per heavy atom. The van der Waals surface area contributed by atoms with Gasteiger partial charge in [-0.15, -0.1) is 5.10 Å². The number of rotatable bonds is 4. The summed E-state index contributed by atoms with van der Waals surface area (Å²) < 4.78 is 39.1. The van der Waals surface area contributed by atoms with Crippen molar-refractivity contribution in [3.63, 3.8) is 0 Å². The Hall–Kier alpha value is -1.60. The molecular formula is C13H14ClF3N4. The summed E-state index contributed by atoms with van der Waals surface area (Å²) in [5.41, 5.74) is 0.241. The molecule has 1 aromatic heterocycles. The Morgan fingerprint density at radius 3 is 2.62 bits per heavy atom. The average Bonchev–Trinajstić information content (AvgIpc) is 2.83. The van der Waals surface area contributed by atoms with Gasteiger partial charge in [0, 0.05) is 12.6 Å². The van der Waals surface area contributed by atoms with E-state index in [9.17, 15) is 13.2 Å². The average molecular weight is 319 g/mol. The zero-order valence-electron chi connectivity index (χ0n) is 11.4. The van der Waals surface area contributed by atoms with Gasteiger partial charge in [-0.05, 0) is 18.2 Å². The summed E-state index contributed by atoms with van der Waals surface area (Å²) in [4.78, 5) is 0. The summed E-state index contributed by atoms with van der Waals surface area (Å²) >= 11 is 5.90. The van der Waals surface area contributed by atoms with Gasteiger partial charge in [-0.2, -0.15) is 13.2 Å². The predicted molar refractivity (Wildman–Crippen MR) is 73.3 cm³/mol. The molecular weight excluding hydrogens is 305 g/mol. The summed E-state index contributed by atoms with van der Waals surface area (Å²) in [5.74, 6) is 0. The summed E-state index contributed by atoms with van der Waals surface area (Å²) in [6, 6.07) is 3.42. The highest BCUT2D eigenvalue weighted by Crippen LogP contribution is 2.32. The first-order chi connectivity index (χ1) is 9.77. The van der Waals surface area contributed by atoms with E-state index in [4.69, 9.17) is 11.6 Å². The summed E-state index contributed by atoms with van der Waals surface area (Å²) in [6.07, 6.45) is -2.79. The number of benzene rings is 1. The van der Waals surface area contributed by atoms with E-state index in [1.807, 2.05) is 13.8 Å². The minimum Gasteiger partial charge on any atom is -0.309 e.